The van der Waals surface area contributed by atoms with Crippen molar-refractivity contribution < 1.29 is 4.74 Å². The number of aromatic amines is 1. The van der Waals surface area contributed by atoms with Crippen molar-refractivity contribution in [3.8, 4) is 5.88 Å². The number of anilines is 2. The van der Waals surface area contributed by atoms with Crippen molar-refractivity contribution in [2.75, 3.05) is 11.1 Å². The average Bonchev–Trinajstić information content (AvgIpc) is 2.82. The lowest BCUT2D eigenvalue weighted by molar-refractivity contribution is 0.234. The van der Waals surface area contributed by atoms with E-state index in [1.54, 1.807) is 12.1 Å². The van der Waals surface area contributed by atoms with Crippen LogP contribution in [0.25, 0.3) is 0 Å². The monoisotopic (exact) mass is 249 g/mol. The van der Waals surface area contributed by atoms with Gasteiger partial charge in [-0.2, -0.15) is 10.2 Å². The molecular weight excluding hydrogens is 234 g/mol. The maximum absolute atomic E-state index is 5.77. The fourth-order valence-corrected chi connectivity index (χ4v) is 1.29. The van der Waals surface area contributed by atoms with Crippen molar-refractivity contribution in [3.63, 3.8) is 0 Å². The number of hydrogen-bond donors (Lipinski definition) is 3. The summed E-state index contributed by atoms with van der Waals surface area (Å²) in [5, 5.41) is 16.5. The van der Waals surface area contributed by atoms with Gasteiger partial charge < -0.3 is 15.8 Å². The van der Waals surface area contributed by atoms with Gasteiger partial charge in [0.1, 0.15) is 5.82 Å². The molecule has 0 aliphatic heterocycles. The van der Waals surface area contributed by atoms with Crippen LogP contribution in [0.4, 0.5) is 11.5 Å². The Bertz CT molecular complexity index is 497. The zero-order valence-corrected chi connectivity index (χ0v) is 10.2. The summed E-state index contributed by atoms with van der Waals surface area (Å²) in [6.07, 6.45) is 0.0206. The summed E-state index contributed by atoms with van der Waals surface area (Å²) in [6, 6.07) is 3.51. The molecule has 0 atom stereocenters. The largest absolute Gasteiger partial charge is 0.473 e. The number of nitrogens with zero attached hydrogens (tertiary/aromatic N) is 4. The molecule has 96 valence electrons. The normalized spacial score (nSPS) is 10.6. The lowest BCUT2D eigenvalue weighted by Crippen LogP contribution is -2.10. The number of nitrogens with one attached hydrogen (secondary N) is 2. The molecule has 0 amide bonds. The summed E-state index contributed by atoms with van der Waals surface area (Å²) in [6.45, 7) is 4.26. The standard InChI is InChI=1S/C10H15N7O/c1-6(2)18-10-7(11)3-4-8(13-10)12-5-9-14-16-17-15-9/h3-4,6H,5,11H2,1-2H3,(H,12,13)(H,14,15,16,17). The number of ether oxygens (including phenoxy) is 1. The van der Waals surface area contributed by atoms with Gasteiger partial charge in [-0.25, -0.2) is 0 Å². The highest BCUT2D eigenvalue weighted by molar-refractivity contribution is 5.53. The highest BCUT2D eigenvalue weighted by Crippen LogP contribution is 2.22. The van der Waals surface area contributed by atoms with Crippen LogP contribution in [0, 0.1) is 0 Å². The zero-order valence-electron chi connectivity index (χ0n) is 10.2. The molecule has 0 unspecified atom stereocenters. The van der Waals surface area contributed by atoms with Crippen LogP contribution in [-0.2, 0) is 6.54 Å². The van der Waals surface area contributed by atoms with Gasteiger partial charge in [0.05, 0.1) is 18.3 Å². The topological polar surface area (TPSA) is 115 Å². The summed E-state index contributed by atoms with van der Waals surface area (Å²) >= 11 is 0. The van der Waals surface area contributed by atoms with Crippen LogP contribution in [0.1, 0.15) is 19.7 Å². The highest BCUT2D eigenvalue weighted by atomic mass is 16.5. The molecule has 0 radical (unpaired) electrons. The number of rotatable bonds is 5. The molecule has 0 aliphatic rings. The summed E-state index contributed by atoms with van der Waals surface area (Å²) in [4.78, 5) is 4.27. The van der Waals surface area contributed by atoms with Gasteiger partial charge in [0, 0.05) is 0 Å². The number of tetrazole rings is 1. The molecule has 0 bridgehead atoms. The predicted molar refractivity (Wildman–Crippen MR) is 65.9 cm³/mol. The summed E-state index contributed by atoms with van der Waals surface area (Å²) < 4.78 is 5.50. The Hall–Kier alpha value is -2.38. The van der Waals surface area contributed by atoms with Gasteiger partial charge in [0.2, 0.25) is 5.88 Å². The predicted octanol–water partition coefficient (Wildman–Crippen LogP) is 0.576. The second-order valence-electron chi connectivity index (χ2n) is 3.94. The molecule has 0 saturated carbocycles. The fourth-order valence-electron chi connectivity index (χ4n) is 1.29. The van der Waals surface area contributed by atoms with E-state index in [0.29, 0.717) is 29.8 Å². The minimum Gasteiger partial charge on any atom is -0.473 e. The number of pyridine rings is 1. The van der Waals surface area contributed by atoms with Gasteiger partial charge in [-0.1, -0.05) is 5.21 Å². The number of hydrogen-bond acceptors (Lipinski definition) is 7. The lowest BCUT2D eigenvalue weighted by atomic mass is 10.4. The Kier molecular flexibility index (Phi) is 3.56. The Labute approximate surface area is 104 Å². The fraction of sp³-hybridized carbons (Fsp3) is 0.400. The highest BCUT2D eigenvalue weighted by Gasteiger charge is 2.07. The third-order valence-corrected chi connectivity index (χ3v) is 2.05. The number of aromatic nitrogens is 5. The molecule has 2 aromatic heterocycles. The molecule has 2 heterocycles. The van der Waals surface area contributed by atoms with Crippen LogP contribution in [-0.4, -0.2) is 31.7 Å². The van der Waals surface area contributed by atoms with E-state index in [-0.39, 0.29) is 6.10 Å². The second kappa shape index (κ2) is 5.30. The van der Waals surface area contributed by atoms with Crippen molar-refractivity contribution in [2.24, 2.45) is 0 Å². The van der Waals surface area contributed by atoms with Crippen LogP contribution in [0.5, 0.6) is 5.88 Å². The lowest BCUT2D eigenvalue weighted by Gasteiger charge is -2.12. The van der Waals surface area contributed by atoms with Gasteiger partial charge in [-0.05, 0) is 26.0 Å². The van der Waals surface area contributed by atoms with Crippen molar-refractivity contribution in [3.05, 3.63) is 18.0 Å². The maximum atomic E-state index is 5.77. The first kappa shape index (κ1) is 12.1. The molecule has 2 rings (SSSR count). The smallest absolute Gasteiger partial charge is 0.239 e. The number of nitrogen functional groups attached to an aromatic ring is 1. The molecule has 0 spiro atoms. The first-order valence-electron chi connectivity index (χ1n) is 5.54. The quantitative estimate of drug-likeness (QED) is 0.709. The van der Waals surface area contributed by atoms with Gasteiger partial charge in [-0.3, -0.25) is 0 Å². The molecule has 0 aromatic carbocycles. The third-order valence-electron chi connectivity index (χ3n) is 2.05. The molecular formula is C10H15N7O. The van der Waals surface area contributed by atoms with Crippen molar-refractivity contribution in [1.82, 2.24) is 25.6 Å². The maximum Gasteiger partial charge on any atom is 0.239 e. The molecule has 8 nitrogen and oxygen atoms in total. The van der Waals surface area contributed by atoms with E-state index in [0.717, 1.165) is 0 Å². The van der Waals surface area contributed by atoms with Crippen LogP contribution < -0.4 is 15.8 Å². The van der Waals surface area contributed by atoms with Crippen molar-refractivity contribution in [1.29, 1.82) is 0 Å². The summed E-state index contributed by atoms with van der Waals surface area (Å²) in [5.74, 6) is 1.62. The van der Waals surface area contributed by atoms with Crippen LogP contribution in [0.3, 0.4) is 0 Å². The zero-order chi connectivity index (χ0) is 13.0. The Morgan fingerprint density at radius 2 is 2.28 bits per heavy atom. The minimum absolute atomic E-state index is 0.0206. The van der Waals surface area contributed by atoms with Crippen LogP contribution in [0.2, 0.25) is 0 Å². The second-order valence-corrected chi connectivity index (χ2v) is 3.94. The first-order valence-corrected chi connectivity index (χ1v) is 5.54. The van der Waals surface area contributed by atoms with E-state index in [1.165, 1.54) is 0 Å². The number of nitrogens with two attached hydrogens (primary N) is 1. The average molecular weight is 249 g/mol. The van der Waals surface area contributed by atoms with Crippen LogP contribution >= 0.6 is 0 Å². The van der Waals surface area contributed by atoms with Gasteiger partial charge in [0.25, 0.3) is 0 Å². The van der Waals surface area contributed by atoms with Crippen LogP contribution in [0.15, 0.2) is 12.1 Å². The summed E-state index contributed by atoms with van der Waals surface area (Å²) in [5.41, 5.74) is 6.28. The van der Waals surface area contributed by atoms with Gasteiger partial charge in [0.15, 0.2) is 5.82 Å². The molecule has 0 fully saturated rings. The SMILES string of the molecule is CC(C)Oc1nc(NCc2nn[nH]n2)ccc1N. The molecule has 8 heteroatoms. The van der Waals surface area contributed by atoms with E-state index in [2.05, 4.69) is 30.9 Å². The first-order chi connectivity index (χ1) is 8.65. The van der Waals surface area contributed by atoms with Crippen molar-refractivity contribution >= 4 is 11.5 Å². The van der Waals surface area contributed by atoms with E-state index in [1.807, 2.05) is 13.8 Å². The van der Waals surface area contributed by atoms with E-state index < -0.39 is 0 Å². The van der Waals surface area contributed by atoms with E-state index >= 15 is 0 Å². The molecule has 4 N–H and O–H groups in total. The van der Waals surface area contributed by atoms with E-state index in [9.17, 15) is 0 Å². The third kappa shape index (κ3) is 3.06. The molecule has 18 heavy (non-hydrogen) atoms. The van der Waals surface area contributed by atoms with Gasteiger partial charge in [-0.15, -0.1) is 10.2 Å². The molecule has 2 aromatic rings. The van der Waals surface area contributed by atoms with Gasteiger partial charge >= 0.3 is 0 Å². The number of H-pyrrole nitrogens is 1. The Morgan fingerprint density at radius 1 is 1.44 bits per heavy atom. The summed E-state index contributed by atoms with van der Waals surface area (Å²) in [7, 11) is 0. The Balaban J connectivity index is 2.04. The minimum atomic E-state index is 0.0206. The van der Waals surface area contributed by atoms with Crippen molar-refractivity contribution in [2.45, 2.75) is 26.5 Å². The molecule has 0 saturated heterocycles. The molecule has 0 aliphatic carbocycles. The van der Waals surface area contributed by atoms with E-state index in [4.69, 9.17) is 10.5 Å². The Morgan fingerprint density at radius 3 is 2.94 bits per heavy atom.